The number of nitrogens with two attached hydrogens (primary N) is 1. The largest absolute Gasteiger partial charge is 0.329 e. The molecule has 1 aromatic carbocycles. The third kappa shape index (κ3) is 2.79. The molecular weight excluding hydrogens is 260 g/mol. The van der Waals surface area contributed by atoms with Gasteiger partial charge in [-0.2, -0.15) is 0 Å². The van der Waals surface area contributed by atoms with Crippen LogP contribution in [-0.4, -0.2) is 54.6 Å². The summed E-state index contributed by atoms with van der Waals surface area (Å²) in [5.41, 5.74) is 8.46. The SMILES string of the molecule is CN(C)C1CCN(C(CN)c2cccc3cccnc23)C1. The zero-order valence-electron chi connectivity index (χ0n) is 12.9. The number of benzene rings is 1. The molecule has 2 atom stereocenters. The topological polar surface area (TPSA) is 45.4 Å². The van der Waals surface area contributed by atoms with Crippen molar-refractivity contribution in [3.05, 3.63) is 42.1 Å². The van der Waals surface area contributed by atoms with E-state index in [0.717, 1.165) is 18.6 Å². The van der Waals surface area contributed by atoms with E-state index in [1.165, 1.54) is 17.4 Å². The van der Waals surface area contributed by atoms with Crippen molar-refractivity contribution in [1.82, 2.24) is 14.8 Å². The average molecular weight is 284 g/mol. The maximum atomic E-state index is 6.11. The summed E-state index contributed by atoms with van der Waals surface area (Å²) >= 11 is 0. The van der Waals surface area contributed by atoms with E-state index in [9.17, 15) is 0 Å². The van der Waals surface area contributed by atoms with Gasteiger partial charge in [-0.05, 0) is 32.1 Å². The van der Waals surface area contributed by atoms with E-state index in [2.05, 4.69) is 53.1 Å². The van der Waals surface area contributed by atoms with Crippen LogP contribution in [0.2, 0.25) is 0 Å². The highest BCUT2D eigenvalue weighted by molar-refractivity contribution is 5.82. The van der Waals surface area contributed by atoms with Gasteiger partial charge >= 0.3 is 0 Å². The fourth-order valence-corrected chi connectivity index (χ4v) is 3.34. The van der Waals surface area contributed by atoms with Crippen molar-refractivity contribution < 1.29 is 0 Å². The van der Waals surface area contributed by atoms with Crippen LogP contribution in [0.25, 0.3) is 10.9 Å². The first-order valence-corrected chi connectivity index (χ1v) is 7.65. The molecule has 2 N–H and O–H groups in total. The maximum Gasteiger partial charge on any atom is 0.0750 e. The van der Waals surface area contributed by atoms with Crippen molar-refractivity contribution >= 4 is 10.9 Å². The highest BCUT2D eigenvalue weighted by Gasteiger charge is 2.30. The minimum absolute atomic E-state index is 0.258. The maximum absolute atomic E-state index is 6.11. The Morgan fingerprint density at radius 1 is 1.33 bits per heavy atom. The zero-order chi connectivity index (χ0) is 14.8. The standard InChI is InChI=1S/C17H24N4/c1-20(2)14-8-10-21(12-14)16(11-18)15-7-3-5-13-6-4-9-19-17(13)15/h3-7,9,14,16H,8,10-12,18H2,1-2H3. The van der Waals surface area contributed by atoms with Gasteiger partial charge in [0.25, 0.3) is 0 Å². The summed E-state index contributed by atoms with van der Waals surface area (Å²) in [5.74, 6) is 0. The zero-order valence-corrected chi connectivity index (χ0v) is 12.9. The highest BCUT2D eigenvalue weighted by atomic mass is 15.3. The Hall–Kier alpha value is -1.49. The van der Waals surface area contributed by atoms with Crippen LogP contribution in [0.4, 0.5) is 0 Å². The summed E-state index contributed by atoms with van der Waals surface area (Å²) in [6.45, 7) is 2.82. The van der Waals surface area contributed by atoms with E-state index in [4.69, 9.17) is 5.73 Å². The monoisotopic (exact) mass is 284 g/mol. The van der Waals surface area contributed by atoms with Crippen LogP contribution in [0.15, 0.2) is 36.5 Å². The van der Waals surface area contributed by atoms with E-state index in [-0.39, 0.29) is 6.04 Å². The molecule has 2 aromatic rings. The molecule has 0 bridgehead atoms. The van der Waals surface area contributed by atoms with Gasteiger partial charge in [0.05, 0.1) is 5.52 Å². The molecule has 4 heteroatoms. The summed E-state index contributed by atoms with van der Waals surface area (Å²) in [4.78, 5) is 9.41. The number of para-hydroxylation sites is 1. The molecule has 1 aromatic heterocycles. The van der Waals surface area contributed by atoms with E-state index in [1.54, 1.807) is 0 Å². The number of likely N-dealkylation sites (tertiary alicyclic amines) is 1. The lowest BCUT2D eigenvalue weighted by Gasteiger charge is -2.28. The van der Waals surface area contributed by atoms with E-state index in [1.807, 2.05) is 12.3 Å². The van der Waals surface area contributed by atoms with Crippen LogP contribution in [-0.2, 0) is 0 Å². The molecular formula is C17H24N4. The molecule has 0 aliphatic carbocycles. The van der Waals surface area contributed by atoms with Crippen LogP contribution >= 0.6 is 0 Å². The number of likely N-dealkylation sites (N-methyl/N-ethyl adjacent to an activating group) is 1. The van der Waals surface area contributed by atoms with Crippen LogP contribution < -0.4 is 5.73 Å². The Kier molecular flexibility index (Phi) is 4.19. The van der Waals surface area contributed by atoms with Crippen LogP contribution in [0, 0.1) is 0 Å². The molecule has 1 fully saturated rings. The first kappa shape index (κ1) is 14.4. The third-order valence-corrected chi connectivity index (χ3v) is 4.61. The first-order valence-electron chi connectivity index (χ1n) is 7.65. The fraction of sp³-hybridized carbons (Fsp3) is 0.471. The quantitative estimate of drug-likeness (QED) is 0.931. The number of aromatic nitrogens is 1. The highest BCUT2D eigenvalue weighted by Crippen LogP contribution is 2.29. The van der Waals surface area contributed by atoms with Gasteiger partial charge < -0.3 is 10.6 Å². The number of hydrogen-bond acceptors (Lipinski definition) is 4. The second kappa shape index (κ2) is 6.10. The minimum Gasteiger partial charge on any atom is -0.329 e. The van der Waals surface area contributed by atoms with Crippen LogP contribution in [0.1, 0.15) is 18.0 Å². The average Bonchev–Trinajstić information content (AvgIpc) is 2.98. The Labute approximate surface area is 126 Å². The molecule has 1 saturated heterocycles. The van der Waals surface area contributed by atoms with Crippen molar-refractivity contribution in [3.63, 3.8) is 0 Å². The molecule has 1 aliphatic rings. The van der Waals surface area contributed by atoms with E-state index >= 15 is 0 Å². The number of fused-ring (bicyclic) bond motifs is 1. The molecule has 0 spiro atoms. The number of pyridine rings is 1. The number of nitrogens with zero attached hydrogens (tertiary/aromatic N) is 3. The lowest BCUT2D eigenvalue weighted by atomic mass is 10.0. The molecule has 3 rings (SSSR count). The predicted octanol–water partition coefficient (Wildman–Crippen LogP) is 1.87. The lowest BCUT2D eigenvalue weighted by Crippen LogP contribution is -2.36. The summed E-state index contributed by atoms with van der Waals surface area (Å²) in [7, 11) is 4.32. The van der Waals surface area contributed by atoms with E-state index in [0.29, 0.717) is 12.6 Å². The Balaban J connectivity index is 1.92. The smallest absolute Gasteiger partial charge is 0.0750 e. The Bertz CT molecular complexity index is 605. The van der Waals surface area contributed by atoms with Gasteiger partial charge in [0.1, 0.15) is 0 Å². The van der Waals surface area contributed by atoms with Gasteiger partial charge in [0, 0.05) is 43.3 Å². The molecule has 2 unspecified atom stereocenters. The van der Waals surface area contributed by atoms with Crippen molar-refractivity contribution in [2.24, 2.45) is 5.73 Å². The molecule has 0 amide bonds. The third-order valence-electron chi connectivity index (χ3n) is 4.61. The minimum atomic E-state index is 0.258. The molecule has 112 valence electrons. The molecule has 1 aliphatic heterocycles. The Morgan fingerprint density at radius 3 is 2.86 bits per heavy atom. The predicted molar refractivity (Wildman–Crippen MR) is 87.2 cm³/mol. The summed E-state index contributed by atoms with van der Waals surface area (Å²) < 4.78 is 0. The van der Waals surface area contributed by atoms with Crippen LogP contribution in [0.5, 0.6) is 0 Å². The number of rotatable bonds is 4. The van der Waals surface area contributed by atoms with Crippen molar-refractivity contribution in [2.45, 2.75) is 18.5 Å². The summed E-state index contributed by atoms with van der Waals surface area (Å²) in [5, 5.41) is 1.19. The van der Waals surface area contributed by atoms with Crippen LogP contribution in [0.3, 0.4) is 0 Å². The van der Waals surface area contributed by atoms with Gasteiger partial charge in [0.15, 0.2) is 0 Å². The lowest BCUT2D eigenvalue weighted by molar-refractivity contribution is 0.221. The summed E-state index contributed by atoms with van der Waals surface area (Å²) in [6, 6.07) is 11.4. The van der Waals surface area contributed by atoms with Gasteiger partial charge in [-0.1, -0.05) is 24.3 Å². The second-order valence-electron chi connectivity index (χ2n) is 6.07. The van der Waals surface area contributed by atoms with Gasteiger partial charge in [-0.3, -0.25) is 9.88 Å². The van der Waals surface area contributed by atoms with E-state index < -0.39 is 0 Å². The molecule has 2 heterocycles. The molecule has 4 nitrogen and oxygen atoms in total. The molecule has 0 radical (unpaired) electrons. The van der Waals surface area contributed by atoms with Gasteiger partial charge in [-0.25, -0.2) is 0 Å². The fourth-order valence-electron chi connectivity index (χ4n) is 3.34. The first-order chi connectivity index (χ1) is 10.2. The summed E-state index contributed by atoms with van der Waals surface area (Å²) in [6.07, 6.45) is 3.08. The molecule has 0 saturated carbocycles. The number of hydrogen-bond donors (Lipinski definition) is 1. The molecule has 21 heavy (non-hydrogen) atoms. The van der Waals surface area contributed by atoms with Gasteiger partial charge in [-0.15, -0.1) is 0 Å². The normalized spacial score (nSPS) is 21.2. The van der Waals surface area contributed by atoms with Crippen molar-refractivity contribution in [1.29, 1.82) is 0 Å². The second-order valence-corrected chi connectivity index (χ2v) is 6.07. The van der Waals surface area contributed by atoms with Crippen molar-refractivity contribution in [3.8, 4) is 0 Å². The van der Waals surface area contributed by atoms with Crippen molar-refractivity contribution in [2.75, 3.05) is 33.7 Å². The van der Waals surface area contributed by atoms with Gasteiger partial charge in [0.2, 0.25) is 0 Å². The Morgan fingerprint density at radius 2 is 2.14 bits per heavy atom.